The summed E-state index contributed by atoms with van der Waals surface area (Å²) < 4.78 is 37.3. The fourth-order valence-corrected chi connectivity index (χ4v) is 6.36. The Balaban J connectivity index is 1.53. The van der Waals surface area contributed by atoms with Gasteiger partial charge in [0.05, 0.1) is 36.2 Å². The highest BCUT2D eigenvalue weighted by Gasteiger charge is 2.28. The summed E-state index contributed by atoms with van der Waals surface area (Å²) in [5.74, 6) is 1.39. The number of nitrogens with zero attached hydrogens (tertiary/aromatic N) is 5. The number of rotatable bonds is 11. The molecule has 0 radical (unpaired) electrons. The first kappa shape index (κ1) is 32.0. The van der Waals surface area contributed by atoms with Crippen LogP contribution < -0.4 is 18.8 Å². The van der Waals surface area contributed by atoms with Crippen LogP contribution in [0, 0.1) is 5.82 Å². The number of halogens is 2. The minimum Gasteiger partial charge on any atom is -0.548 e. The van der Waals surface area contributed by atoms with E-state index in [4.69, 9.17) is 30.5 Å². The summed E-state index contributed by atoms with van der Waals surface area (Å²) in [6.07, 6.45) is 6.80. The van der Waals surface area contributed by atoms with Crippen LogP contribution in [0.2, 0.25) is 10.1 Å². The second-order valence-electron chi connectivity index (χ2n) is 12.1. The van der Waals surface area contributed by atoms with E-state index in [0.29, 0.717) is 58.4 Å². The summed E-state index contributed by atoms with van der Waals surface area (Å²) in [4.78, 5) is 15.1. The van der Waals surface area contributed by atoms with Gasteiger partial charge < -0.3 is 18.5 Å². The van der Waals surface area contributed by atoms with Crippen LogP contribution in [0.4, 0.5) is 21.6 Å². The molecule has 240 valence electrons. The van der Waals surface area contributed by atoms with Gasteiger partial charge >= 0.3 is 0 Å². The molecule has 0 fully saturated rings. The van der Waals surface area contributed by atoms with Crippen LogP contribution in [0.1, 0.15) is 20.8 Å². The number of imidazole rings is 1. The molecule has 0 atom stereocenters. The quantitative estimate of drug-likeness (QED) is 0.128. The van der Waals surface area contributed by atoms with Crippen LogP contribution >= 0.6 is 11.6 Å². The van der Waals surface area contributed by atoms with Crippen LogP contribution in [0.25, 0.3) is 22.0 Å². The van der Waals surface area contributed by atoms with E-state index in [-0.39, 0.29) is 21.3 Å². The molecular formula is C36H35ClFN5O3Si. The van der Waals surface area contributed by atoms with Crippen molar-refractivity contribution in [2.75, 3.05) is 18.6 Å². The third-order valence-corrected chi connectivity index (χ3v) is 9.10. The maximum atomic E-state index is 17.1. The minimum absolute atomic E-state index is 0.0259. The lowest BCUT2D eigenvalue weighted by Crippen LogP contribution is -2.18. The normalized spacial score (nSPS) is 11.7. The molecule has 0 aliphatic heterocycles. The number of ether oxygens (including phenoxy) is 2. The molecule has 0 aliphatic rings. The van der Waals surface area contributed by atoms with Gasteiger partial charge in [0.1, 0.15) is 24.5 Å². The molecule has 0 bridgehead atoms. The predicted molar refractivity (Wildman–Crippen MR) is 188 cm³/mol. The van der Waals surface area contributed by atoms with E-state index in [1.165, 1.54) is 6.33 Å². The van der Waals surface area contributed by atoms with E-state index < -0.39 is 15.6 Å². The van der Waals surface area contributed by atoms with E-state index in [0.717, 1.165) is 0 Å². The molecule has 0 aliphatic carbocycles. The Bertz CT molecular complexity index is 1970. The van der Waals surface area contributed by atoms with Gasteiger partial charge in [-0.15, -0.1) is 0 Å². The van der Waals surface area contributed by atoms with Crippen LogP contribution in [0.15, 0.2) is 104 Å². The molecular weight excluding hydrogens is 633 g/mol. The average Bonchev–Trinajstić information content (AvgIpc) is 3.59. The van der Waals surface area contributed by atoms with Crippen LogP contribution in [-0.4, -0.2) is 43.0 Å². The van der Waals surface area contributed by atoms with Gasteiger partial charge in [0, 0.05) is 41.2 Å². The molecule has 4 aromatic carbocycles. The summed E-state index contributed by atoms with van der Waals surface area (Å²) in [5, 5.41) is 0.841. The fourth-order valence-electron chi connectivity index (χ4n) is 5.15. The summed E-state index contributed by atoms with van der Waals surface area (Å²) in [6, 6.07) is 24.1. The Labute approximate surface area is 280 Å². The third-order valence-electron chi connectivity index (χ3n) is 7.40. The van der Waals surface area contributed by atoms with Gasteiger partial charge in [-0.3, -0.25) is 4.90 Å². The van der Waals surface area contributed by atoms with Gasteiger partial charge in [-0.25, -0.2) is 19.3 Å². The molecule has 0 saturated heterocycles. The number of anilines is 3. The SMILES string of the molecule is COc1cc2c(N(c3ccccc3)c3cc(O[SiH2]C(C)(C)C)c(Cl)c(-c4ccccc4)c3F)ncnc2cc1OCCn1ccnc1. The van der Waals surface area contributed by atoms with Gasteiger partial charge in [-0.1, -0.05) is 80.9 Å². The lowest BCUT2D eigenvalue weighted by Gasteiger charge is -2.28. The summed E-state index contributed by atoms with van der Waals surface area (Å²) in [5.41, 5.74) is 2.42. The zero-order valence-corrected chi connectivity index (χ0v) is 28.8. The van der Waals surface area contributed by atoms with Gasteiger partial charge in [0.15, 0.2) is 17.3 Å². The van der Waals surface area contributed by atoms with Crippen molar-refractivity contribution >= 4 is 49.5 Å². The highest BCUT2D eigenvalue weighted by atomic mass is 35.5. The zero-order chi connectivity index (χ0) is 33.0. The van der Waals surface area contributed by atoms with Crippen LogP contribution in [0.5, 0.6) is 17.2 Å². The number of benzene rings is 4. The van der Waals surface area contributed by atoms with Gasteiger partial charge in [0.2, 0.25) is 9.76 Å². The van der Waals surface area contributed by atoms with Crippen molar-refractivity contribution in [3.05, 3.63) is 115 Å². The zero-order valence-electron chi connectivity index (χ0n) is 26.7. The molecule has 2 aromatic heterocycles. The van der Waals surface area contributed by atoms with Gasteiger partial charge in [0.25, 0.3) is 0 Å². The first-order valence-electron chi connectivity index (χ1n) is 15.2. The Morgan fingerprint density at radius 1 is 0.936 bits per heavy atom. The topological polar surface area (TPSA) is 74.5 Å². The predicted octanol–water partition coefficient (Wildman–Crippen LogP) is 8.52. The summed E-state index contributed by atoms with van der Waals surface area (Å²) in [6.45, 7) is 7.39. The first-order chi connectivity index (χ1) is 22.7. The fraction of sp³-hybridized carbons (Fsp3) is 0.194. The van der Waals surface area contributed by atoms with Crippen molar-refractivity contribution in [2.45, 2.75) is 32.4 Å². The number of hydrogen-bond acceptors (Lipinski definition) is 7. The monoisotopic (exact) mass is 667 g/mol. The Morgan fingerprint density at radius 2 is 1.68 bits per heavy atom. The number of fused-ring (bicyclic) bond motifs is 1. The van der Waals surface area contributed by atoms with Crippen LogP contribution in [-0.2, 0) is 6.54 Å². The number of methoxy groups -OCH3 is 1. The highest BCUT2D eigenvalue weighted by Crippen LogP contribution is 2.48. The average molecular weight is 668 g/mol. The van der Waals surface area contributed by atoms with Crippen molar-refractivity contribution < 1.29 is 18.3 Å². The van der Waals surface area contributed by atoms with Crippen molar-refractivity contribution in [3.8, 4) is 28.4 Å². The third kappa shape index (κ3) is 7.08. The molecule has 0 N–H and O–H groups in total. The van der Waals surface area contributed by atoms with Crippen molar-refractivity contribution in [1.82, 2.24) is 19.5 Å². The standard InChI is InChI=1S/C36H35ClFN5O3Si/c1-36(2,3)47-46-31-21-28(34(38)32(33(31)37)24-11-7-5-8-12-24)43(25-13-9-6-10-14-25)35-26-19-29(44-4)30(20-27(26)40-22-41-35)45-18-17-42-16-15-39-23-42/h5-16,19-23H,17-18,47H2,1-4H3. The minimum atomic E-state index is -1.10. The Kier molecular flexibility index (Phi) is 9.42. The lowest BCUT2D eigenvalue weighted by atomic mass is 10.0. The Morgan fingerprint density at radius 3 is 2.36 bits per heavy atom. The second-order valence-corrected chi connectivity index (χ2v) is 15.2. The molecule has 0 spiro atoms. The molecule has 6 rings (SSSR count). The molecule has 11 heteroatoms. The van der Waals surface area contributed by atoms with Crippen molar-refractivity contribution in [1.29, 1.82) is 0 Å². The maximum Gasteiger partial charge on any atom is 0.224 e. The maximum absolute atomic E-state index is 17.1. The molecule has 47 heavy (non-hydrogen) atoms. The van der Waals surface area contributed by atoms with E-state index in [9.17, 15) is 0 Å². The molecule has 0 unspecified atom stereocenters. The van der Waals surface area contributed by atoms with Crippen LogP contribution in [0.3, 0.4) is 0 Å². The van der Waals surface area contributed by atoms with E-state index >= 15 is 4.39 Å². The summed E-state index contributed by atoms with van der Waals surface area (Å²) >= 11 is 6.95. The highest BCUT2D eigenvalue weighted by molar-refractivity contribution is 6.37. The number of hydrogen-bond donors (Lipinski definition) is 0. The molecule has 0 saturated carbocycles. The van der Waals surface area contributed by atoms with E-state index in [2.05, 4.69) is 30.7 Å². The number of aromatic nitrogens is 4. The summed E-state index contributed by atoms with van der Waals surface area (Å²) in [7, 11) is 0.481. The largest absolute Gasteiger partial charge is 0.548 e. The van der Waals surface area contributed by atoms with E-state index in [1.807, 2.05) is 83.6 Å². The molecule has 0 amide bonds. The van der Waals surface area contributed by atoms with Gasteiger partial charge in [-0.05, 0) is 28.8 Å². The molecule has 2 heterocycles. The Hall–Kier alpha value is -4.93. The lowest BCUT2D eigenvalue weighted by molar-refractivity contribution is 0.280. The molecule has 8 nitrogen and oxygen atoms in total. The second kappa shape index (κ2) is 13.8. The van der Waals surface area contributed by atoms with Crippen molar-refractivity contribution in [2.24, 2.45) is 0 Å². The smallest absolute Gasteiger partial charge is 0.224 e. The molecule has 6 aromatic rings. The first-order valence-corrected chi connectivity index (χ1v) is 16.9. The van der Waals surface area contributed by atoms with Gasteiger partial charge in [-0.2, -0.15) is 0 Å². The van der Waals surface area contributed by atoms with E-state index in [1.54, 1.807) is 30.6 Å². The van der Waals surface area contributed by atoms with Crippen molar-refractivity contribution in [3.63, 3.8) is 0 Å². The number of para-hydroxylation sites is 1.